The van der Waals surface area contributed by atoms with Crippen molar-refractivity contribution in [3.63, 3.8) is 0 Å². The lowest BCUT2D eigenvalue weighted by Gasteiger charge is -2.32. The van der Waals surface area contributed by atoms with Crippen LogP contribution in [0, 0.1) is 5.92 Å². The summed E-state index contributed by atoms with van der Waals surface area (Å²) in [6.45, 7) is 4.97. The van der Waals surface area contributed by atoms with Gasteiger partial charge < -0.3 is 19.5 Å². The van der Waals surface area contributed by atoms with E-state index in [1.165, 1.54) is 0 Å². The summed E-state index contributed by atoms with van der Waals surface area (Å²) in [5, 5.41) is 8.69. The van der Waals surface area contributed by atoms with E-state index in [0.29, 0.717) is 38.7 Å². The first kappa shape index (κ1) is 16.9. The number of aliphatic carboxylic acids is 1. The summed E-state index contributed by atoms with van der Waals surface area (Å²) in [7, 11) is 0. The van der Waals surface area contributed by atoms with Crippen LogP contribution in [-0.4, -0.2) is 61.4 Å². The Balaban J connectivity index is 2.20. The van der Waals surface area contributed by atoms with Gasteiger partial charge in [-0.25, -0.2) is 0 Å². The number of carboxylic acids is 1. The van der Waals surface area contributed by atoms with Gasteiger partial charge in [-0.2, -0.15) is 0 Å². The summed E-state index contributed by atoms with van der Waals surface area (Å²) in [6, 6.07) is 0. The Labute approximate surface area is 120 Å². The molecule has 0 saturated carbocycles. The Morgan fingerprint density at radius 3 is 2.75 bits per heavy atom. The van der Waals surface area contributed by atoms with E-state index in [9.17, 15) is 9.59 Å². The molecule has 0 spiro atoms. The number of hydrogen-bond acceptors (Lipinski definition) is 4. The van der Waals surface area contributed by atoms with Crippen molar-refractivity contribution in [3.05, 3.63) is 0 Å². The third-order valence-electron chi connectivity index (χ3n) is 3.44. The van der Waals surface area contributed by atoms with E-state index in [1.54, 1.807) is 4.90 Å². The van der Waals surface area contributed by atoms with Crippen molar-refractivity contribution in [3.8, 4) is 0 Å². The van der Waals surface area contributed by atoms with E-state index in [0.717, 1.165) is 19.4 Å². The zero-order valence-corrected chi connectivity index (χ0v) is 12.2. The van der Waals surface area contributed by atoms with Gasteiger partial charge in [0.15, 0.2) is 0 Å². The molecule has 1 unspecified atom stereocenters. The fraction of sp³-hybridized carbons (Fsp3) is 0.857. The highest BCUT2D eigenvalue weighted by Gasteiger charge is 2.23. The number of amides is 1. The Hall–Kier alpha value is -1.14. The van der Waals surface area contributed by atoms with Crippen molar-refractivity contribution in [2.75, 3.05) is 39.5 Å². The molecule has 0 radical (unpaired) electrons. The summed E-state index contributed by atoms with van der Waals surface area (Å²) < 4.78 is 10.4. The summed E-state index contributed by atoms with van der Waals surface area (Å²) in [5.74, 6) is -0.485. The molecule has 1 saturated heterocycles. The van der Waals surface area contributed by atoms with E-state index >= 15 is 0 Å². The second-order valence-corrected chi connectivity index (χ2v) is 5.03. The molecule has 1 atom stereocenters. The van der Waals surface area contributed by atoms with Crippen molar-refractivity contribution >= 4 is 11.9 Å². The fourth-order valence-corrected chi connectivity index (χ4v) is 2.37. The van der Waals surface area contributed by atoms with Crippen LogP contribution in [-0.2, 0) is 19.1 Å². The fourth-order valence-electron chi connectivity index (χ4n) is 2.37. The Kier molecular flexibility index (Phi) is 8.22. The minimum absolute atomic E-state index is 0.0125. The number of carbonyl (C=O) groups excluding carboxylic acids is 1. The highest BCUT2D eigenvalue weighted by molar-refractivity contribution is 5.77. The molecule has 1 amide bonds. The quantitative estimate of drug-likeness (QED) is 0.644. The number of likely N-dealkylation sites (tertiary alicyclic amines) is 1. The minimum atomic E-state index is -0.771. The van der Waals surface area contributed by atoms with Gasteiger partial charge in [0, 0.05) is 26.1 Å². The topological polar surface area (TPSA) is 76.1 Å². The molecular weight excluding hydrogens is 262 g/mol. The van der Waals surface area contributed by atoms with Crippen molar-refractivity contribution in [2.24, 2.45) is 5.92 Å². The molecule has 1 rings (SSSR count). The molecule has 116 valence electrons. The van der Waals surface area contributed by atoms with Crippen LogP contribution >= 0.6 is 0 Å². The minimum Gasteiger partial charge on any atom is -0.481 e. The standard InChI is InChI=1S/C14H25NO5/c1-2-19-8-9-20-11-13(16)15-7-3-4-12(10-15)5-6-14(17)18/h12H,2-11H2,1H3,(H,17,18). The third kappa shape index (κ3) is 6.86. The van der Waals surface area contributed by atoms with Crippen LogP contribution in [0.5, 0.6) is 0 Å². The van der Waals surface area contributed by atoms with E-state index in [2.05, 4.69) is 0 Å². The largest absolute Gasteiger partial charge is 0.481 e. The molecule has 20 heavy (non-hydrogen) atoms. The number of carbonyl (C=O) groups is 2. The maximum Gasteiger partial charge on any atom is 0.303 e. The highest BCUT2D eigenvalue weighted by Crippen LogP contribution is 2.21. The molecule has 6 heteroatoms. The first-order valence-corrected chi connectivity index (χ1v) is 7.28. The predicted octanol–water partition coefficient (Wildman–Crippen LogP) is 1.14. The molecule has 1 heterocycles. The number of hydrogen-bond donors (Lipinski definition) is 1. The first-order chi connectivity index (χ1) is 9.63. The average molecular weight is 287 g/mol. The SMILES string of the molecule is CCOCCOCC(=O)N1CCCC(CCC(=O)O)C1. The van der Waals surface area contributed by atoms with E-state index in [-0.39, 0.29) is 18.9 Å². The van der Waals surface area contributed by atoms with Crippen molar-refractivity contribution in [2.45, 2.75) is 32.6 Å². The monoisotopic (exact) mass is 287 g/mol. The van der Waals surface area contributed by atoms with Gasteiger partial charge in [0.2, 0.25) is 5.91 Å². The highest BCUT2D eigenvalue weighted by atomic mass is 16.5. The van der Waals surface area contributed by atoms with Gasteiger partial charge in [-0.15, -0.1) is 0 Å². The van der Waals surface area contributed by atoms with Gasteiger partial charge in [-0.05, 0) is 32.1 Å². The lowest BCUT2D eigenvalue weighted by Crippen LogP contribution is -2.42. The lowest BCUT2D eigenvalue weighted by molar-refractivity contribution is -0.138. The number of rotatable bonds is 9. The Bertz CT molecular complexity index is 308. The van der Waals surface area contributed by atoms with E-state index in [1.807, 2.05) is 6.92 Å². The van der Waals surface area contributed by atoms with Crippen molar-refractivity contribution < 1.29 is 24.2 Å². The molecule has 0 aromatic carbocycles. The van der Waals surface area contributed by atoms with E-state index < -0.39 is 5.97 Å². The Morgan fingerprint density at radius 1 is 1.30 bits per heavy atom. The molecule has 0 aromatic rings. The van der Waals surface area contributed by atoms with Crippen LogP contribution in [0.3, 0.4) is 0 Å². The molecular formula is C14H25NO5. The first-order valence-electron chi connectivity index (χ1n) is 7.28. The van der Waals surface area contributed by atoms with E-state index in [4.69, 9.17) is 14.6 Å². The smallest absolute Gasteiger partial charge is 0.303 e. The third-order valence-corrected chi connectivity index (χ3v) is 3.44. The number of nitrogens with zero attached hydrogens (tertiary/aromatic N) is 1. The molecule has 1 N–H and O–H groups in total. The zero-order chi connectivity index (χ0) is 14.8. The van der Waals surface area contributed by atoms with Crippen LogP contribution in [0.25, 0.3) is 0 Å². The molecule has 1 fully saturated rings. The van der Waals surface area contributed by atoms with Crippen molar-refractivity contribution in [1.29, 1.82) is 0 Å². The summed E-state index contributed by atoms with van der Waals surface area (Å²) in [6.07, 6.45) is 2.76. The molecule has 0 aliphatic carbocycles. The van der Waals surface area contributed by atoms with Gasteiger partial charge >= 0.3 is 5.97 Å². The molecule has 0 aromatic heterocycles. The Morgan fingerprint density at radius 2 is 2.05 bits per heavy atom. The second-order valence-electron chi connectivity index (χ2n) is 5.03. The van der Waals surface area contributed by atoms with Gasteiger partial charge in [-0.1, -0.05) is 0 Å². The van der Waals surface area contributed by atoms with Crippen LogP contribution in [0.2, 0.25) is 0 Å². The van der Waals surface area contributed by atoms with Crippen LogP contribution in [0.15, 0.2) is 0 Å². The summed E-state index contributed by atoms with van der Waals surface area (Å²) >= 11 is 0. The van der Waals surface area contributed by atoms with Gasteiger partial charge in [0.1, 0.15) is 6.61 Å². The maximum atomic E-state index is 12.0. The predicted molar refractivity (Wildman–Crippen MR) is 73.5 cm³/mol. The van der Waals surface area contributed by atoms with Gasteiger partial charge in [0.25, 0.3) is 0 Å². The lowest BCUT2D eigenvalue weighted by atomic mass is 9.93. The molecule has 1 aliphatic rings. The second kappa shape index (κ2) is 9.72. The average Bonchev–Trinajstić information content (AvgIpc) is 2.45. The number of piperidine rings is 1. The number of ether oxygens (including phenoxy) is 2. The normalized spacial score (nSPS) is 19.1. The molecule has 1 aliphatic heterocycles. The molecule has 6 nitrogen and oxygen atoms in total. The zero-order valence-electron chi connectivity index (χ0n) is 12.2. The summed E-state index contributed by atoms with van der Waals surface area (Å²) in [5.41, 5.74) is 0. The molecule has 0 bridgehead atoms. The van der Waals surface area contributed by atoms with Gasteiger partial charge in [-0.3, -0.25) is 9.59 Å². The summed E-state index contributed by atoms with van der Waals surface area (Å²) in [4.78, 5) is 24.3. The number of carboxylic acid groups (broad SMARTS) is 1. The van der Waals surface area contributed by atoms with Gasteiger partial charge in [0.05, 0.1) is 13.2 Å². The van der Waals surface area contributed by atoms with Crippen LogP contribution in [0.4, 0.5) is 0 Å². The van der Waals surface area contributed by atoms with Crippen molar-refractivity contribution in [1.82, 2.24) is 4.90 Å². The maximum absolute atomic E-state index is 12.0. The van der Waals surface area contributed by atoms with Crippen LogP contribution < -0.4 is 0 Å². The van der Waals surface area contributed by atoms with Crippen LogP contribution in [0.1, 0.15) is 32.6 Å².